The second kappa shape index (κ2) is 5.17. The predicted molar refractivity (Wildman–Crippen MR) is 86.0 cm³/mol. The molecule has 0 aliphatic rings. The molecular weight excluding hydrogens is 317 g/mol. The molecule has 5 nitrogen and oxygen atoms in total. The quantitative estimate of drug-likeness (QED) is 0.565. The Morgan fingerprint density at radius 1 is 1.13 bits per heavy atom. The molecule has 0 fully saturated rings. The van der Waals surface area contributed by atoms with Gasteiger partial charge in [-0.05, 0) is 36.4 Å². The smallest absolute Gasteiger partial charge is 0.147 e. The van der Waals surface area contributed by atoms with E-state index in [9.17, 15) is 4.39 Å². The molecule has 114 valence electrons. The van der Waals surface area contributed by atoms with Crippen LogP contribution >= 0.6 is 11.6 Å². The fraction of sp³-hybridized carbons (Fsp3) is 0.0625. The molecule has 2 heterocycles. The first kappa shape index (κ1) is 13.9. The van der Waals surface area contributed by atoms with E-state index in [-0.39, 0.29) is 0 Å². The molecule has 0 amide bonds. The van der Waals surface area contributed by atoms with Gasteiger partial charge in [0, 0.05) is 30.2 Å². The summed E-state index contributed by atoms with van der Waals surface area (Å²) in [5.41, 5.74) is 2.91. The summed E-state index contributed by atoms with van der Waals surface area (Å²) < 4.78 is 17.7. The summed E-state index contributed by atoms with van der Waals surface area (Å²) in [4.78, 5) is 4.28. The second-order valence-corrected chi connectivity index (χ2v) is 5.57. The second-order valence-electron chi connectivity index (χ2n) is 5.13. The normalized spacial score (nSPS) is 11.3. The maximum absolute atomic E-state index is 14.2. The largest absolute Gasteiger partial charge is 0.300 e. The Kier molecular flexibility index (Phi) is 3.12. The van der Waals surface area contributed by atoms with Gasteiger partial charge in [-0.15, -0.1) is 5.10 Å². The standard InChI is InChI=1S/C16H11ClFN5/c1-22-15-5-3-11(9-14(15)20-21-22)23-7-6-19-16(23)12-4-2-10(17)8-13(12)18/h2-9H,1H3. The zero-order chi connectivity index (χ0) is 16.0. The van der Waals surface area contributed by atoms with Crippen molar-refractivity contribution in [3.8, 4) is 17.1 Å². The number of aromatic nitrogens is 5. The summed E-state index contributed by atoms with van der Waals surface area (Å²) in [6.45, 7) is 0. The lowest BCUT2D eigenvalue weighted by Crippen LogP contribution is -1.98. The van der Waals surface area contributed by atoms with E-state index in [1.165, 1.54) is 6.07 Å². The van der Waals surface area contributed by atoms with Gasteiger partial charge in [-0.2, -0.15) is 0 Å². The number of hydrogen-bond acceptors (Lipinski definition) is 3. The van der Waals surface area contributed by atoms with Gasteiger partial charge in [-0.25, -0.2) is 14.1 Å². The van der Waals surface area contributed by atoms with Crippen LogP contribution in [0, 0.1) is 5.82 Å². The lowest BCUT2D eigenvalue weighted by atomic mass is 10.2. The highest BCUT2D eigenvalue weighted by Gasteiger charge is 2.13. The molecule has 4 aromatic rings. The molecule has 7 heteroatoms. The lowest BCUT2D eigenvalue weighted by molar-refractivity contribution is 0.629. The highest BCUT2D eigenvalue weighted by atomic mass is 35.5. The van der Waals surface area contributed by atoms with Crippen molar-refractivity contribution in [2.24, 2.45) is 7.05 Å². The molecule has 4 rings (SSSR count). The van der Waals surface area contributed by atoms with Crippen molar-refractivity contribution in [1.29, 1.82) is 0 Å². The van der Waals surface area contributed by atoms with Gasteiger partial charge in [0.1, 0.15) is 17.2 Å². The molecule has 0 spiro atoms. The molecule has 0 atom stereocenters. The van der Waals surface area contributed by atoms with Crippen LogP contribution in [0.4, 0.5) is 4.39 Å². The first-order valence-electron chi connectivity index (χ1n) is 6.92. The summed E-state index contributed by atoms with van der Waals surface area (Å²) in [7, 11) is 1.83. The summed E-state index contributed by atoms with van der Waals surface area (Å²) in [6, 6.07) is 10.3. The zero-order valence-electron chi connectivity index (χ0n) is 12.1. The topological polar surface area (TPSA) is 48.5 Å². The van der Waals surface area contributed by atoms with E-state index in [1.54, 1.807) is 33.8 Å². The molecule has 0 N–H and O–H groups in total. The Morgan fingerprint density at radius 3 is 2.83 bits per heavy atom. The van der Waals surface area contributed by atoms with Gasteiger partial charge in [0.05, 0.1) is 11.1 Å². The number of rotatable bonds is 2. The average Bonchev–Trinajstić information content (AvgIpc) is 3.14. The van der Waals surface area contributed by atoms with E-state index < -0.39 is 5.82 Å². The van der Waals surface area contributed by atoms with Crippen LogP contribution in [0.1, 0.15) is 0 Å². The van der Waals surface area contributed by atoms with Crippen LogP contribution in [0.2, 0.25) is 5.02 Å². The monoisotopic (exact) mass is 327 g/mol. The minimum Gasteiger partial charge on any atom is -0.300 e. The molecule has 23 heavy (non-hydrogen) atoms. The van der Waals surface area contributed by atoms with Crippen molar-refractivity contribution in [2.75, 3.05) is 0 Å². The fourth-order valence-corrected chi connectivity index (χ4v) is 2.72. The number of imidazole rings is 1. The summed E-state index contributed by atoms with van der Waals surface area (Å²) in [5, 5.41) is 8.45. The molecule has 0 unspecified atom stereocenters. The van der Waals surface area contributed by atoms with E-state index >= 15 is 0 Å². The Labute approximate surface area is 135 Å². The highest BCUT2D eigenvalue weighted by molar-refractivity contribution is 6.30. The van der Waals surface area contributed by atoms with Crippen LogP contribution in [0.3, 0.4) is 0 Å². The predicted octanol–water partition coefficient (Wildman–Crippen LogP) is 3.61. The van der Waals surface area contributed by atoms with Crippen LogP contribution in [0.25, 0.3) is 28.1 Å². The SMILES string of the molecule is Cn1nnc2cc(-n3ccnc3-c3ccc(Cl)cc3F)ccc21. The number of aryl methyl sites for hydroxylation is 1. The molecule has 2 aromatic carbocycles. The Bertz CT molecular complexity index is 1020. The van der Waals surface area contributed by atoms with Crippen molar-refractivity contribution in [1.82, 2.24) is 24.5 Å². The maximum Gasteiger partial charge on any atom is 0.147 e. The number of hydrogen-bond donors (Lipinski definition) is 0. The molecule has 0 bridgehead atoms. The van der Waals surface area contributed by atoms with Gasteiger partial charge in [-0.1, -0.05) is 16.8 Å². The van der Waals surface area contributed by atoms with Gasteiger partial charge < -0.3 is 0 Å². The third kappa shape index (κ3) is 2.27. The van der Waals surface area contributed by atoms with E-state index in [4.69, 9.17) is 11.6 Å². The first-order chi connectivity index (χ1) is 11.1. The van der Waals surface area contributed by atoms with Crippen LogP contribution < -0.4 is 0 Å². The van der Waals surface area contributed by atoms with Crippen LogP contribution in [0.5, 0.6) is 0 Å². The number of nitrogens with zero attached hydrogens (tertiary/aromatic N) is 5. The Morgan fingerprint density at radius 2 is 2.00 bits per heavy atom. The van der Waals surface area contributed by atoms with Gasteiger partial charge in [0.2, 0.25) is 0 Å². The fourth-order valence-electron chi connectivity index (χ4n) is 2.56. The molecule has 0 aliphatic carbocycles. The van der Waals surface area contributed by atoms with Crippen molar-refractivity contribution in [3.63, 3.8) is 0 Å². The minimum atomic E-state index is -0.412. The van der Waals surface area contributed by atoms with Crippen LogP contribution in [0.15, 0.2) is 48.8 Å². The van der Waals surface area contributed by atoms with Gasteiger partial charge in [-0.3, -0.25) is 4.57 Å². The van der Waals surface area contributed by atoms with Crippen molar-refractivity contribution in [2.45, 2.75) is 0 Å². The molecule has 0 radical (unpaired) electrons. The molecule has 0 saturated heterocycles. The van der Waals surface area contributed by atoms with E-state index in [0.717, 1.165) is 16.7 Å². The third-order valence-electron chi connectivity index (χ3n) is 3.69. The van der Waals surface area contributed by atoms with E-state index in [2.05, 4.69) is 15.3 Å². The van der Waals surface area contributed by atoms with Crippen LogP contribution in [-0.4, -0.2) is 24.5 Å². The van der Waals surface area contributed by atoms with E-state index in [1.807, 2.05) is 25.2 Å². The van der Waals surface area contributed by atoms with E-state index in [0.29, 0.717) is 16.4 Å². The third-order valence-corrected chi connectivity index (χ3v) is 3.92. The first-order valence-corrected chi connectivity index (χ1v) is 7.30. The minimum absolute atomic E-state index is 0.352. The summed E-state index contributed by atoms with van der Waals surface area (Å²) >= 11 is 5.82. The van der Waals surface area contributed by atoms with Crippen molar-refractivity contribution >= 4 is 22.6 Å². The van der Waals surface area contributed by atoms with Crippen molar-refractivity contribution in [3.05, 3.63) is 59.6 Å². The van der Waals surface area contributed by atoms with Crippen LogP contribution in [-0.2, 0) is 7.05 Å². The van der Waals surface area contributed by atoms with Gasteiger partial charge >= 0.3 is 0 Å². The Balaban J connectivity index is 1.88. The zero-order valence-corrected chi connectivity index (χ0v) is 12.9. The molecule has 0 aliphatic heterocycles. The maximum atomic E-state index is 14.2. The lowest BCUT2D eigenvalue weighted by Gasteiger charge is -2.09. The number of halogens is 2. The number of fused-ring (bicyclic) bond motifs is 1. The Hall–Kier alpha value is -2.73. The van der Waals surface area contributed by atoms with Gasteiger partial charge in [0.25, 0.3) is 0 Å². The van der Waals surface area contributed by atoms with Gasteiger partial charge in [0.15, 0.2) is 0 Å². The highest BCUT2D eigenvalue weighted by Crippen LogP contribution is 2.27. The summed E-state index contributed by atoms with van der Waals surface area (Å²) in [6.07, 6.45) is 3.41. The summed E-state index contributed by atoms with van der Waals surface area (Å²) in [5.74, 6) is 0.0907. The molecular formula is C16H11ClFN5. The van der Waals surface area contributed by atoms with Crippen molar-refractivity contribution < 1.29 is 4.39 Å². The molecule has 0 saturated carbocycles. The number of benzene rings is 2. The molecule has 2 aromatic heterocycles. The average molecular weight is 328 g/mol.